The molecule has 0 spiro atoms. The highest BCUT2D eigenvalue weighted by Crippen LogP contribution is 2.31. The number of nitrogens with zero attached hydrogens (tertiary/aromatic N) is 5. The third-order valence-electron chi connectivity index (χ3n) is 5.35. The highest BCUT2D eigenvalue weighted by Gasteiger charge is 2.26. The minimum absolute atomic E-state index is 0.211. The van der Waals surface area contributed by atoms with Gasteiger partial charge >= 0.3 is 0 Å². The summed E-state index contributed by atoms with van der Waals surface area (Å²) in [6.45, 7) is 5.77. The molecule has 0 bridgehead atoms. The minimum Gasteiger partial charge on any atom is -0.477 e. The van der Waals surface area contributed by atoms with E-state index < -0.39 is 0 Å². The molecule has 32 heavy (non-hydrogen) atoms. The fraction of sp³-hybridized carbons (Fsp3) is 0.409. The molecule has 0 saturated heterocycles. The van der Waals surface area contributed by atoms with E-state index in [4.69, 9.17) is 19.9 Å². The van der Waals surface area contributed by atoms with Crippen LogP contribution in [0.25, 0.3) is 10.9 Å². The SMILES string of the molecule is CCOc1ccc(CN(C(=O)c2cc3c4c(c(N)nc3cn2)COC4)C(C)COC)nn1. The summed E-state index contributed by atoms with van der Waals surface area (Å²) < 4.78 is 16.2. The van der Waals surface area contributed by atoms with Gasteiger partial charge in [-0.2, -0.15) is 5.10 Å². The second-order valence-corrected chi connectivity index (χ2v) is 7.57. The van der Waals surface area contributed by atoms with Crippen molar-refractivity contribution >= 4 is 22.6 Å². The Labute approximate surface area is 185 Å². The molecule has 0 radical (unpaired) electrons. The Morgan fingerprint density at radius 1 is 1.28 bits per heavy atom. The van der Waals surface area contributed by atoms with Gasteiger partial charge in [0.25, 0.3) is 5.91 Å². The van der Waals surface area contributed by atoms with E-state index >= 15 is 0 Å². The first-order valence-electron chi connectivity index (χ1n) is 10.4. The average molecular weight is 438 g/mol. The zero-order chi connectivity index (χ0) is 22.7. The molecule has 4 rings (SSSR count). The van der Waals surface area contributed by atoms with Crippen molar-refractivity contribution in [2.45, 2.75) is 39.6 Å². The molecule has 10 nitrogen and oxygen atoms in total. The fourth-order valence-electron chi connectivity index (χ4n) is 3.73. The molecule has 10 heteroatoms. The van der Waals surface area contributed by atoms with Gasteiger partial charge in [0.15, 0.2) is 0 Å². The largest absolute Gasteiger partial charge is 0.477 e. The second kappa shape index (κ2) is 9.41. The van der Waals surface area contributed by atoms with Gasteiger partial charge < -0.3 is 24.8 Å². The van der Waals surface area contributed by atoms with Crippen LogP contribution in [0.2, 0.25) is 0 Å². The van der Waals surface area contributed by atoms with Crippen LogP contribution in [0, 0.1) is 0 Å². The number of anilines is 1. The summed E-state index contributed by atoms with van der Waals surface area (Å²) in [6.07, 6.45) is 1.58. The van der Waals surface area contributed by atoms with Gasteiger partial charge in [-0.25, -0.2) is 9.97 Å². The molecule has 2 N–H and O–H groups in total. The molecule has 0 aromatic carbocycles. The zero-order valence-corrected chi connectivity index (χ0v) is 18.4. The van der Waals surface area contributed by atoms with E-state index in [1.54, 1.807) is 36.4 Å². The van der Waals surface area contributed by atoms with Gasteiger partial charge in [0.1, 0.15) is 11.5 Å². The summed E-state index contributed by atoms with van der Waals surface area (Å²) in [5.41, 5.74) is 9.45. The van der Waals surface area contributed by atoms with Crippen LogP contribution in [0.15, 0.2) is 24.4 Å². The third kappa shape index (κ3) is 4.32. The van der Waals surface area contributed by atoms with Gasteiger partial charge in [-0.15, -0.1) is 5.10 Å². The molecule has 0 saturated carbocycles. The molecule has 4 heterocycles. The summed E-state index contributed by atoms with van der Waals surface area (Å²) in [5, 5.41) is 9.07. The van der Waals surface area contributed by atoms with E-state index in [0.717, 1.165) is 16.5 Å². The number of hydrogen-bond donors (Lipinski definition) is 1. The van der Waals surface area contributed by atoms with Gasteiger partial charge in [0, 0.05) is 24.1 Å². The smallest absolute Gasteiger partial charge is 0.273 e. The lowest BCUT2D eigenvalue weighted by Gasteiger charge is -2.28. The van der Waals surface area contributed by atoms with Gasteiger partial charge in [-0.1, -0.05) is 0 Å². The predicted octanol–water partition coefficient (Wildman–Crippen LogP) is 2.11. The molecule has 3 aromatic rings. The Kier molecular flexibility index (Phi) is 6.42. The number of carbonyl (C=O) groups excluding carboxylic acids is 1. The normalized spacial score (nSPS) is 13.7. The van der Waals surface area contributed by atoms with Crippen LogP contribution in [-0.2, 0) is 29.2 Å². The van der Waals surface area contributed by atoms with Crippen molar-refractivity contribution in [2.75, 3.05) is 26.1 Å². The van der Waals surface area contributed by atoms with Crippen LogP contribution in [0.5, 0.6) is 5.88 Å². The summed E-state index contributed by atoms with van der Waals surface area (Å²) in [7, 11) is 1.60. The van der Waals surface area contributed by atoms with Crippen molar-refractivity contribution in [1.82, 2.24) is 25.1 Å². The Morgan fingerprint density at radius 2 is 2.09 bits per heavy atom. The number of ether oxygens (including phenoxy) is 3. The molecule has 1 amide bonds. The molecule has 168 valence electrons. The Hall–Kier alpha value is -3.37. The number of aromatic nitrogens is 4. The predicted molar refractivity (Wildman–Crippen MR) is 117 cm³/mol. The topological polar surface area (TPSA) is 126 Å². The maximum absolute atomic E-state index is 13.5. The van der Waals surface area contributed by atoms with E-state index in [9.17, 15) is 4.79 Å². The minimum atomic E-state index is -0.239. The molecule has 0 fully saturated rings. The summed E-state index contributed by atoms with van der Waals surface area (Å²) >= 11 is 0. The first-order chi connectivity index (χ1) is 15.5. The van der Waals surface area contributed by atoms with E-state index in [0.29, 0.717) is 55.0 Å². The number of methoxy groups -OCH3 is 1. The Morgan fingerprint density at radius 3 is 2.81 bits per heavy atom. The molecule has 1 unspecified atom stereocenters. The number of hydrogen-bond acceptors (Lipinski definition) is 9. The van der Waals surface area contributed by atoms with Crippen molar-refractivity contribution in [3.8, 4) is 5.88 Å². The monoisotopic (exact) mass is 438 g/mol. The highest BCUT2D eigenvalue weighted by atomic mass is 16.5. The fourth-order valence-corrected chi connectivity index (χ4v) is 3.73. The highest BCUT2D eigenvalue weighted by molar-refractivity contribution is 5.97. The van der Waals surface area contributed by atoms with Gasteiger partial charge in [0.05, 0.1) is 56.4 Å². The lowest BCUT2D eigenvalue weighted by molar-refractivity contribution is 0.0532. The van der Waals surface area contributed by atoms with Gasteiger partial charge in [-0.05, 0) is 31.5 Å². The van der Waals surface area contributed by atoms with Crippen LogP contribution in [0.1, 0.15) is 41.2 Å². The number of carbonyl (C=O) groups is 1. The van der Waals surface area contributed by atoms with Crippen LogP contribution in [0.4, 0.5) is 5.82 Å². The zero-order valence-electron chi connectivity index (χ0n) is 18.4. The number of pyridine rings is 2. The number of amides is 1. The molecule has 1 atom stereocenters. The van der Waals surface area contributed by atoms with Crippen LogP contribution < -0.4 is 10.5 Å². The molecule has 0 aliphatic carbocycles. The van der Waals surface area contributed by atoms with E-state index in [1.165, 1.54) is 0 Å². The molecular formula is C22H26N6O4. The van der Waals surface area contributed by atoms with Crippen LogP contribution >= 0.6 is 0 Å². The summed E-state index contributed by atoms with van der Waals surface area (Å²) in [5.74, 6) is 0.644. The number of nitrogen functional groups attached to an aromatic ring is 1. The Bertz CT molecular complexity index is 1120. The number of nitrogens with two attached hydrogens (primary N) is 1. The third-order valence-corrected chi connectivity index (χ3v) is 5.35. The second-order valence-electron chi connectivity index (χ2n) is 7.57. The summed E-state index contributed by atoms with van der Waals surface area (Å²) in [6, 6.07) is 5.08. The first-order valence-corrected chi connectivity index (χ1v) is 10.4. The van der Waals surface area contributed by atoms with E-state index in [1.807, 2.05) is 13.8 Å². The van der Waals surface area contributed by atoms with E-state index in [-0.39, 0.29) is 18.5 Å². The maximum Gasteiger partial charge on any atom is 0.273 e. The average Bonchev–Trinajstić information content (AvgIpc) is 3.29. The van der Waals surface area contributed by atoms with Gasteiger partial charge in [0.2, 0.25) is 5.88 Å². The van der Waals surface area contributed by atoms with Crippen molar-refractivity contribution in [3.63, 3.8) is 0 Å². The standard InChI is InChI=1S/C22H26N6O4/c1-4-32-20-6-5-14(26-27-20)9-28(13(2)10-30-3)22(29)18-7-15-16-11-31-12-17(16)21(23)25-19(15)8-24-18/h5-8,13H,4,9-12H2,1-3H3,(H2,23,25). The summed E-state index contributed by atoms with van der Waals surface area (Å²) in [4.78, 5) is 24.0. The molecular weight excluding hydrogens is 412 g/mol. The number of fused-ring (bicyclic) bond motifs is 3. The molecule has 1 aliphatic heterocycles. The Balaban J connectivity index is 1.66. The first kappa shape index (κ1) is 21.8. The van der Waals surface area contributed by atoms with Crippen molar-refractivity contribution in [2.24, 2.45) is 0 Å². The van der Waals surface area contributed by atoms with Crippen LogP contribution in [-0.4, -0.2) is 57.3 Å². The molecule has 3 aromatic heterocycles. The van der Waals surface area contributed by atoms with Crippen molar-refractivity contribution < 1.29 is 19.0 Å². The van der Waals surface area contributed by atoms with Crippen LogP contribution in [0.3, 0.4) is 0 Å². The number of rotatable bonds is 8. The quantitative estimate of drug-likeness (QED) is 0.563. The molecule has 1 aliphatic rings. The lowest BCUT2D eigenvalue weighted by Crippen LogP contribution is -2.41. The van der Waals surface area contributed by atoms with E-state index in [2.05, 4.69) is 20.2 Å². The van der Waals surface area contributed by atoms with Crippen molar-refractivity contribution in [3.05, 3.63) is 46.9 Å². The van der Waals surface area contributed by atoms with Crippen molar-refractivity contribution in [1.29, 1.82) is 0 Å². The maximum atomic E-state index is 13.5. The lowest BCUT2D eigenvalue weighted by atomic mass is 10.1. The van der Waals surface area contributed by atoms with Gasteiger partial charge in [-0.3, -0.25) is 4.79 Å².